The van der Waals surface area contributed by atoms with Crippen molar-refractivity contribution in [3.05, 3.63) is 96.0 Å². The number of benzene rings is 2. The van der Waals surface area contributed by atoms with Gasteiger partial charge in [-0.3, -0.25) is 14.5 Å². The van der Waals surface area contributed by atoms with Crippen molar-refractivity contribution >= 4 is 45.7 Å². The molecule has 0 aliphatic heterocycles. The molecule has 0 spiro atoms. The maximum absolute atomic E-state index is 14.2. The standard InChI is InChI=1S/C24H19FN4O2S/c1-17(30)29(19-7-3-2-4-8-19)24-26-18(16-32-24)9-12-23(31)27-22-15-20(10-11-21(22)25)28-13-5-6-14-28/h2-16H,1H3,(H,27,31)/b12-9+. The van der Waals surface area contributed by atoms with E-state index in [1.54, 1.807) is 17.5 Å². The molecule has 2 aromatic carbocycles. The number of halogens is 1. The third-order valence-electron chi connectivity index (χ3n) is 4.55. The summed E-state index contributed by atoms with van der Waals surface area (Å²) in [5, 5.41) is 4.79. The number of amides is 2. The molecule has 0 radical (unpaired) electrons. The van der Waals surface area contributed by atoms with E-state index in [-0.39, 0.29) is 11.6 Å². The maximum Gasteiger partial charge on any atom is 0.248 e. The first-order chi connectivity index (χ1) is 15.5. The van der Waals surface area contributed by atoms with Gasteiger partial charge in [-0.2, -0.15) is 0 Å². The number of rotatable bonds is 6. The Morgan fingerprint density at radius 1 is 1.09 bits per heavy atom. The van der Waals surface area contributed by atoms with Crippen molar-refractivity contribution in [2.24, 2.45) is 0 Å². The molecule has 0 fully saturated rings. The third kappa shape index (κ3) is 4.81. The van der Waals surface area contributed by atoms with Crippen molar-refractivity contribution < 1.29 is 14.0 Å². The summed E-state index contributed by atoms with van der Waals surface area (Å²) in [4.78, 5) is 30.4. The van der Waals surface area contributed by atoms with Crippen LogP contribution in [0.15, 0.2) is 84.5 Å². The summed E-state index contributed by atoms with van der Waals surface area (Å²) >= 11 is 1.29. The van der Waals surface area contributed by atoms with Gasteiger partial charge in [0, 0.05) is 36.5 Å². The Hall–Kier alpha value is -4.04. The summed E-state index contributed by atoms with van der Waals surface area (Å²) in [6.07, 6.45) is 6.46. The van der Waals surface area contributed by atoms with Crippen LogP contribution >= 0.6 is 11.3 Å². The van der Waals surface area contributed by atoms with E-state index in [1.807, 2.05) is 59.4 Å². The van der Waals surface area contributed by atoms with E-state index in [0.717, 1.165) is 5.69 Å². The van der Waals surface area contributed by atoms with Crippen LogP contribution in [0, 0.1) is 5.82 Å². The minimum absolute atomic E-state index is 0.0802. The Morgan fingerprint density at radius 2 is 1.84 bits per heavy atom. The van der Waals surface area contributed by atoms with Crippen molar-refractivity contribution in [3.8, 4) is 5.69 Å². The molecule has 2 aromatic heterocycles. The Balaban J connectivity index is 1.48. The molecule has 8 heteroatoms. The van der Waals surface area contributed by atoms with Gasteiger partial charge in [0.05, 0.1) is 17.1 Å². The molecule has 160 valence electrons. The van der Waals surface area contributed by atoms with Crippen LogP contribution in [-0.4, -0.2) is 21.4 Å². The highest BCUT2D eigenvalue weighted by atomic mass is 32.1. The monoisotopic (exact) mass is 446 g/mol. The van der Waals surface area contributed by atoms with Crippen LogP contribution in [0.1, 0.15) is 12.6 Å². The highest BCUT2D eigenvalue weighted by Crippen LogP contribution is 2.29. The molecule has 0 unspecified atom stereocenters. The van der Waals surface area contributed by atoms with E-state index in [1.165, 1.54) is 41.4 Å². The molecule has 4 aromatic rings. The summed E-state index contributed by atoms with van der Waals surface area (Å²) < 4.78 is 16.0. The Morgan fingerprint density at radius 3 is 2.56 bits per heavy atom. The van der Waals surface area contributed by atoms with E-state index in [2.05, 4.69) is 10.3 Å². The van der Waals surface area contributed by atoms with Crippen LogP contribution in [0.4, 0.5) is 20.9 Å². The van der Waals surface area contributed by atoms with Gasteiger partial charge in [-0.25, -0.2) is 9.37 Å². The first-order valence-corrected chi connectivity index (χ1v) is 10.6. The second-order valence-electron chi connectivity index (χ2n) is 6.82. The molecular weight excluding hydrogens is 427 g/mol. The number of nitrogens with one attached hydrogen (secondary N) is 1. The zero-order valence-corrected chi connectivity index (χ0v) is 17.9. The molecule has 0 atom stereocenters. The molecular formula is C24H19FN4O2S. The van der Waals surface area contributed by atoms with Gasteiger partial charge in [0.1, 0.15) is 5.82 Å². The fraction of sp³-hybridized carbons (Fsp3) is 0.0417. The number of aromatic nitrogens is 2. The lowest BCUT2D eigenvalue weighted by Gasteiger charge is -2.17. The molecule has 32 heavy (non-hydrogen) atoms. The summed E-state index contributed by atoms with van der Waals surface area (Å²) in [6, 6.07) is 17.4. The largest absolute Gasteiger partial charge is 0.324 e. The number of carbonyl (C=O) groups is 2. The molecule has 1 N–H and O–H groups in total. The van der Waals surface area contributed by atoms with E-state index < -0.39 is 11.7 Å². The van der Waals surface area contributed by atoms with Gasteiger partial charge in [0.2, 0.25) is 11.8 Å². The Labute approximate surface area is 188 Å². The summed E-state index contributed by atoms with van der Waals surface area (Å²) in [5.41, 5.74) is 2.03. The second kappa shape index (κ2) is 9.40. The molecule has 0 bridgehead atoms. The number of hydrogen-bond acceptors (Lipinski definition) is 4. The van der Waals surface area contributed by atoms with Gasteiger partial charge in [-0.05, 0) is 48.5 Å². The molecule has 0 saturated heterocycles. The number of carbonyl (C=O) groups excluding carboxylic acids is 2. The van der Waals surface area contributed by atoms with Crippen LogP contribution in [0.3, 0.4) is 0 Å². The summed E-state index contributed by atoms with van der Waals surface area (Å²) in [7, 11) is 0. The Kier molecular flexibility index (Phi) is 6.23. The number of anilines is 3. The van der Waals surface area contributed by atoms with Gasteiger partial charge in [-0.1, -0.05) is 18.2 Å². The van der Waals surface area contributed by atoms with Crippen LogP contribution in [-0.2, 0) is 9.59 Å². The molecule has 2 heterocycles. The first kappa shape index (κ1) is 21.2. The van der Waals surface area contributed by atoms with Gasteiger partial charge in [0.25, 0.3) is 0 Å². The van der Waals surface area contributed by atoms with Gasteiger partial charge in [0.15, 0.2) is 5.13 Å². The average molecular weight is 447 g/mol. The first-order valence-electron chi connectivity index (χ1n) is 9.74. The van der Waals surface area contributed by atoms with Crippen LogP contribution in [0.5, 0.6) is 0 Å². The minimum Gasteiger partial charge on any atom is -0.324 e. The SMILES string of the molecule is CC(=O)N(c1ccccc1)c1nc(/C=C/C(=O)Nc2cc(-n3cccc3)ccc2F)cs1. The zero-order chi connectivity index (χ0) is 22.5. The van der Waals surface area contributed by atoms with Crippen molar-refractivity contribution in [1.82, 2.24) is 9.55 Å². The zero-order valence-electron chi connectivity index (χ0n) is 17.1. The van der Waals surface area contributed by atoms with E-state index in [4.69, 9.17) is 0 Å². The third-order valence-corrected chi connectivity index (χ3v) is 5.39. The molecule has 0 saturated carbocycles. The lowest BCUT2D eigenvalue weighted by Crippen LogP contribution is -2.22. The summed E-state index contributed by atoms with van der Waals surface area (Å²) in [5.74, 6) is -1.19. The predicted octanol–water partition coefficient (Wildman–Crippen LogP) is 5.41. The topological polar surface area (TPSA) is 67.2 Å². The van der Waals surface area contributed by atoms with Crippen molar-refractivity contribution in [3.63, 3.8) is 0 Å². The fourth-order valence-electron chi connectivity index (χ4n) is 3.07. The van der Waals surface area contributed by atoms with Crippen LogP contribution in [0.25, 0.3) is 11.8 Å². The molecule has 0 aliphatic rings. The minimum atomic E-state index is -0.529. The fourth-order valence-corrected chi connectivity index (χ4v) is 3.93. The van der Waals surface area contributed by atoms with E-state index in [9.17, 15) is 14.0 Å². The molecule has 0 aliphatic carbocycles. The quantitative estimate of drug-likeness (QED) is 0.403. The number of nitrogens with zero attached hydrogens (tertiary/aromatic N) is 3. The summed E-state index contributed by atoms with van der Waals surface area (Å²) in [6.45, 7) is 1.47. The number of hydrogen-bond donors (Lipinski definition) is 1. The van der Waals surface area contributed by atoms with Gasteiger partial charge >= 0.3 is 0 Å². The maximum atomic E-state index is 14.2. The van der Waals surface area contributed by atoms with Gasteiger partial charge < -0.3 is 9.88 Å². The number of para-hydroxylation sites is 1. The predicted molar refractivity (Wildman–Crippen MR) is 125 cm³/mol. The number of thiazole rings is 1. The lowest BCUT2D eigenvalue weighted by molar-refractivity contribution is -0.116. The molecule has 2 amide bonds. The van der Waals surface area contributed by atoms with Crippen molar-refractivity contribution in [2.45, 2.75) is 6.92 Å². The van der Waals surface area contributed by atoms with Crippen molar-refractivity contribution in [2.75, 3.05) is 10.2 Å². The van der Waals surface area contributed by atoms with Crippen LogP contribution < -0.4 is 10.2 Å². The van der Waals surface area contributed by atoms with E-state index in [0.29, 0.717) is 16.5 Å². The average Bonchev–Trinajstić information content (AvgIpc) is 3.47. The normalized spacial score (nSPS) is 10.9. The molecule has 6 nitrogen and oxygen atoms in total. The molecule has 4 rings (SSSR count). The highest BCUT2D eigenvalue weighted by molar-refractivity contribution is 7.14. The van der Waals surface area contributed by atoms with Gasteiger partial charge in [-0.15, -0.1) is 11.3 Å². The van der Waals surface area contributed by atoms with Crippen molar-refractivity contribution in [1.29, 1.82) is 0 Å². The van der Waals surface area contributed by atoms with E-state index >= 15 is 0 Å². The highest BCUT2D eigenvalue weighted by Gasteiger charge is 2.17. The second-order valence-corrected chi connectivity index (χ2v) is 7.66. The lowest BCUT2D eigenvalue weighted by atomic mass is 10.2. The smallest absolute Gasteiger partial charge is 0.248 e. The Bertz CT molecular complexity index is 1270. The van der Waals surface area contributed by atoms with Crippen LogP contribution in [0.2, 0.25) is 0 Å².